The highest BCUT2D eigenvalue weighted by Crippen LogP contribution is 2.34. The Bertz CT molecular complexity index is 568. The van der Waals surface area contributed by atoms with Gasteiger partial charge in [-0.2, -0.15) is 0 Å². The van der Waals surface area contributed by atoms with Crippen LogP contribution in [-0.4, -0.2) is 23.7 Å². The van der Waals surface area contributed by atoms with Gasteiger partial charge in [-0.3, -0.25) is 4.79 Å². The van der Waals surface area contributed by atoms with Gasteiger partial charge in [0.05, 0.1) is 12.2 Å². The summed E-state index contributed by atoms with van der Waals surface area (Å²) in [6.07, 6.45) is 3.87. The molecule has 0 aliphatic heterocycles. The number of rotatable bonds is 5. The van der Waals surface area contributed by atoms with E-state index < -0.39 is 0 Å². The van der Waals surface area contributed by atoms with Crippen molar-refractivity contribution in [3.8, 4) is 11.8 Å². The van der Waals surface area contributed by atoms with Gasteiger partial charge in [-0.25, -0.2) is 0 Å². The Labute approximate surface area is 126 Å². The minimum Gasteiger partial charge on any atom is -0.395 e. The van der Waals surface area contributed by atoms with Crippen molar-refractivity contribution in [3.05, 3.63) is 34.9 Å². The molecule has 3 nitrogen and oxygen atoms in total. The number of benzene rings is 1. The fourth-order valence-corrected chi connectivity index (χ4v) is 2.53. The number of hydrogen-bond donors (Lipinski definition) is 2. The van der Waals surface area contributed by atoms with Gasteiger partial charge in [0.2, 0.25) is 0 Å². The van der Waals surface area contributed by atoms with E-state index >= 15 is 0 Å². The molecule has 0 bridgehead atoms. The minimum atomic E-state index is -0.0353. The Kier molecular flexibility index (Phi) is 5.41. The molecule has 1 aliphatic rings. The van der Waals surface area contributed by atoms with Gasteiger partial charge in [-0.1, -0.05) is 31.3 Å². The van der Waals surface area contributed by atoms with E-state index in [1.54, 1.807) is 0 Å². The van der Waals surface area contributed by atoms with E-state index in [0.29, 0.717) is 23.9 Å². The molecule has 2 unspecified atom stereocenters. The van der Waals surface area contributed by atoms with E-state index in [1.165, 1.54) is 12.8 Å². The fourth-order valence-electron chi connectivity index (χ4n) is 2.53. The zero-order chi connectivity index (χ0) is 15.2. The molecule has 21 heavy (non-hydrogen) atoms. The summed E-state index contributed by atoms with van der Waals surface area (Å²) >= 11 is 0. The largest absolute Gasteiger partial charge is 0.395 e. The van der Waals surface area contributed by atoms with Crippen molar-refractivity contribution in [3.63, 3.8) is 0 Å². The predicted molar refractivity (Wildman–Crippen MR) is 84.0 cm³/mol. The van der Waals surface area contributed by atoms with Crippen LogP contribution < -0.4 is 5.32 Å². The molecule has 1 aliphatic carbocycles. The molecule has 112 valence electrons. The van der Waals surface area contributed by atoms with E-state index in [2.05, 4.69) is 24.1 Å². The molecule has 0 spiro atoms. The van der Waals surface area contributed by atoms with Gasteiger partial charge in [0.25, 0.3) is 5.91 Å². The van der Waals surface area contributed by atoms with E-state index in [1.807, 2.05) is 25.1 Å². The summed E-state index contributed by atoms with van der Waals surface area (Å²) in [5.41, 5.74) is 2.46. The summed E-state index contributed by atoms with van der Waals surface area (Å²) in [6, 6.07) is 6.03. The first-order valence-electron chi connectivity index (χ1n) is 7.67. The van der Waals surface area contributed by atoms with Crippen molar-refractivity contribution < 1.29 is 9.90 Å². The monoisotopic (exact) mass is 285 g/mol. The van der Waals surface area contributed by atoms with Crippen LogP contribution in [0.5, 0.6) is 0 Å². The lowest BCUT2D eigenvalue weighted by Crippen LogP contribution is -2.27. The normalized spacial score (nSPS) is 19.6. The average Bonchev–Trinajstić information content (AvgIpc) is 3.17. The van der Waals surface area contributed by atoms with Crippen molar-refractivity contribution in [2.24, 2.45) is 5.92 Å². The lowest BCUT2D eigenvalue weighted by atomic mass is 10.0. The molecule has 2 N–H and O–H groups in total. The van der Waals surface area contributed by atoms with E-state index in [-0.39, 0.29) is 12.5 Å². The molecular weight excluding hydrogens is 262 g/mol. The van der Waals surface area contributed by atoms with Crippen molar-refractivity contribution in [1.29, 1.82) is 0 Å². The van der Waals surface area contributed by atoms with Crippen LogP contribution in [-0.2, 0) is 0 Å². The molecule has 0 radical (unpaired) electrons. The Morgan fingerprint density at radius 2 is 2.29 bits per heavy atom. The predicted octanol–water partition coefficient (Wildman–Crippen LogP) is 2.65. The number of carbonyl (C=O) groups is 1. The van der Waals surface area contributed by atoms with Crippen LogP contribution >= 0.6 is 0 Å². The smallest absolute Gasteiger partial charge is 0.252 e. The number of hydrogen-bond acceptors (Lipinski definition) is 2. The van der Waals surface area contributed by atoms with Crippen LogP contribution in [0.2, 0.25) is 0 Å². The van der Waals surface area contributed by atoms with Crippen molar-refractivity contribution in [2.45, 2.75) is 45.6 Å². The van der Waals surface area contributed by atoms with Crippen LogP contribution in [0.3, 0.4) is 0 Å². The summed E-state index contributed by atoms with van der Waals surface area (Å²) in [5.74, 6) is 6.50. The first-order valence-corrected chi connectivity index (χ1v) is 7.67. The van der Waals surface area contributed by atoms with Crippen LogP contribution in [0.4, 0.5) is 0 Å². The van der Waals surface area contributed by atoms with Crippen molar-refractivity contribution >= 4 is 5.91 Å². The van der Waals surface area contributed by atoms with Crippen LogP contribution in [0.15, 0.2) is 18.2 Å². The quantitative estimate of drug-likeness (QED) is 0.817. The Morgan fingerprint density at radius 1 is 1.48 bits per heavy atom. The Hall–Kier alpha value is -1.79. The molecule has 1 fully saturated rings. The van der Waals surface area contributed by atoms with Crippen LogP contribution in [0.1, 0.15) is 54.1 Å². The topological polar surface area (TPSA) is 49.3 Å². The van der Waals surface area contributed by atoms with Gasteiger partial charge >= 0.3 is 0 Å². The van der Waals surface area contributed by atoms with E-state index in [4.69, 9.17) is 5.11 Å². The number of aryl methyl sites for hydroxylation is 1. The molecular formula is C18H23NO2. The third-order valence-electron chi connectivity index (χ3n) is 3.78. The Balaban J connectivity index is 2.08. The van der Waals surface area contributed by atoms with Gasteiger partial charge in [-0.05, 0) is 43.4 Å². The standard InChI is InChI=1S/C18H23NO2/c1-3-6-15-12-17(15)19-18(21)16-9-8-13(2)11-14(16)7-4-5-10-20/h8-9,11,15,17,20H,3,5-6,10,12H2,1-2H3,(H,19,21). The van der Waals surface area contributed by atoms with Crippen LogP contribution in [0, 0.1) is 24.7 Å². The molecule has 1 aromatic rings. The lowest BCUT2D eigenvalue weighted by molar-refractivity contribution is 0.0948. The summed E-state index contributed by atoms with van der Waals surface area (Å²) in [4.78, 5) is 12.4. The zero-order valence-electron chi connectivity index (χ0n) is 12.8. The van der Waals surface area contributed by atoms with Gasteiger partial charge in [0.1, 0.15) is 0 Å². The molecule has 1 amide bonds. The maximum atomic E-state index is 12.4. The third kappa shape index (κ3) is 4.34. The molecule has 3 heteroatoms. The molecule has 1 saturated carbocycles. The summed E-state index contributed by atoms with van der Waals surface area (Å²) in [6.45, 7) is 4.20. The maximum Gasteiger partial charge on any atom is 0.252 e. The highest BCUT2D eigenvalue weighted by atomic mass is 16.2. The second-order valence-electron chi connectivity index (χ2n) is 5.69. The van der Waals surface area contributed by atoms with E-state index in [9.17, 15) is 4.79 Å². The second kappa shape index (κ2) is 7.28. The molecule has 0 aromatic heterocycles. The van der Waals surface area contributed by atoms with Gasteiger partial charge in [-0.15, -0.1) is 0 Å². The van der Waals surface area contributed by atoms with Gasteiger partial charge in [0.15, 0.2) is 0 Å². The second-order valence-corrected chi connectivity index (χ2v) is 5.69. The van der Waals surface area contributed by atoms with Gasteiger partial charge < -0.3 is 10.4 Å². The first kappa shape index (κ1) is 15.6. The number of carbonyl (C=O) groups excluding carboxylic acids is 1. The molecule has 0 saturated heterocycles. The minimum absolute atomic E-state index is 0.0353. The van der Waals surface area contributed by atoms with Gasteiger partial charge in [0, 0.05) is 18.0 Å². The lowest BCUT2D eigenvalue weighted by Gasteiger charge is -2.07. The molecule has 1 aromatic carbocycles. The summed E-state index contributed by atoms with van der Waals surface area (Å²) < 4.78 is 0. The van der Waals surface area contributed by atoms with E-state index in [0.717, 1.165) is 17.5 Å². The third-order valence-corrected chi connectivity index (χ3v) is 3.78. The zero-order valence-corrected chi connectivity index (χ0v) is 12.8. The number of amides is 1. The average molecular weight is 285 g/mol. The summed E-state index contributed by atoms with van der Waals surface area (Å²) in [5, 5.41) is 11.9. The molecule has 2 atom stereocenters. The number of aliphatic hydroxyl groups is 1. The molecule has 0 heterocycles. The SMILES string of the molecule is CCCC1CC1NC(=O)c1ccc(C)cc1C#CCCO. The number of nitrogens with one attached hydrogen (secondary N) is 1. The summed E-state index contributed by atoms with van der Waals surface area (Å²) in [7, 11) is 0. The first-order chi connectivity index (χ1) is 10.2. The Morgan fingerprint density at radius 3 is 3.00 bits per heavy atom. The maximum absolute atomic E-state index is 12.4. The number of aliphatic hydroxyl groups excluding tert-OH is 1. The highest BCUT2D eigenvalue weighted by Gasteiger charge is 2.37. The molecule has 2 rings (SSSR count). The van der Waals surface area contributed by atoms with Crippen molar-refractivity contribution in [1.82, 2.24) is 5.32 Å². The fraction of sp³-hybridized carbons (Fsp3) is 0.500. The van der Waals surface area contributed by atoms with Crippen LogP contribution in [0.25, 0.3) is 0 Å². The van der Waals surface area contributed by atoms with Crippen molar-refractivity contribution in [2.75, 3.05) is 6.61 Å². The highest BCUT2D eigenvalue weighted by molar-refractivity contribution is 5.97.